The van der Waals surface area contributed by atoms with Gasteiger partial charge in [0.25, 0.3) is 0 Å². The number of imidazole rings is 1. The van der Waals surface area contributed by atoms with Gasteiger partial charge in [-0.25, -0.2) is 9.78 Å². The highest BCUT2D eigenvalue weighted by molar-refractivity contribution is 5.77. The largest absolute Gasteiger partial charge is 0.458 e. The van der Waals surface area contributed by atoms with Crippen LogP contribution >= 0.6 is 0 Å². The maximum Gasteiger partial charge on any atom is 0.335 e. The summed E-state index contributed by atoms with van der Waals surface area (Å²) in [5.41, 5.74) is -0.791. The number of hydrogen-bond donors (Lipinski definition) is 2. The number of aromatic amines is 1. The van der Waals surface area contributed by atoms with Gasteiger partial charge < -0.3 is 19.8 Å². The van der Waals surface area contributed by atoms with Crippen LogP contribution < -0.4 is 5.32 Å². The first-order valence-electron chi connectivity index (χ1n) is 9.20. The summed E-state index contributed by atoms with van der Waals surface area (Å²) < 4.78 is 11.7. The van der Waals surface area contributed by atoms with E-state index in [0.29, 0.717) is 18.8 Å². The van der Waals surface area contributed by atoms with Gasteiger partial charge in [-0.2, -0.15) is 0 Å². The third-order valence-corrected chi connectivity index (χ3v) is 4.39. The number of amides is 1. The fourth-order valence-electron chi connectivity index (χ4n) is 3.34. The highest BCUT2D eigenvalue weighted by Gasteiger charge is 2.53. The fourth-order valence-corrected chi connectivity index (χ4v) is 3.34. The van der Waals surface area contributed by atoms with Gasteiger partial charge in [-0.3, -0.25) is 4.79 Å². The zero-order chi connectivity index (χ0) is 19.5. The molecule has 3 unspecified atom stereocenters. The molecule has 0 saturated carbocycles. The van der Waals surface area contributed by atoms with Gasteiger partial charge in [0.1, 0.15) is 5.60 Å². The van der Waals surface area contributed by atoms with Crippen LogP contribution in [0.2, 0.25) is 0 Å². The Kier molecular flexibility index (Phi) is 6.11. The van der Waals surface area contributed by atoms with Crippen LogP contribution in [0.15, 0.2) is 12.5 Å². The van der Waals surface area contributed by atoms with E-state index in [4.69, 9.17) is 9.47 Å². The number of aromatic nitrogens is 2. The van der Waals surface area contributed by atoms with E-state index in [1.807, 2.05) is 20.8 Å². The Labute approximate surface area is 155 Å². The number of ether oxygens (including phenoxy) is 2. The number of rotatable bonds is 6. The molecule has 3 atom stereocenters. The van der Waals surface area contributed by atoms with E-state index in [1.54, 1.807) is 12.5 Å². The average molecular weight is 365 g/mol. The van der Waals surface area contributed by atoms with Crippen molar-refractivity contribution in [3.8, 4) is 0 Å². The monoisotopic (exact) mass is 365 g/mol. The van der Waals surface area contributed by atoms with Gasteiger partial charge in [0.2, 0.25) is 5.91 Å². The molecule has 2 heterocycles. The summed E-state index contributed by atoms with van der Waals surface area (Å²) >= 11 is 0. The third kappa shape index (κ3) is 5.06. The lowest BCUT2D eigenvalue weighted by molar-refractivity contribution is -0.176. The molecule has 26 heavy (non-hydrogen) atoms. The Hall–Kier alpha value is -1.89. The van der Waals surface area contributed by atoms with E-state index in [9.17, 15) is 9.59 Å². The molecular formula is C19H31N3O4. The lowest BCUT2D eigenvalue weighted by Crippen LogP contribution is -2.52. The molecule has 1 amide bonds. The van der Waals surface area contributed by atoms with Crippen molar-refractivity contribution in [2.24, 2.45) is 5.92 Å². The third-order valence-electron chi connectivity index (χ3n) is 4.39. The molecule has 146 valence electrons. The Balaban J connectivity index is 2.33. The molecule has 0 aliphatic carbocycles. The fraction of sp³-hybridized carbons (Fsp3) is 0.737. The smallest absolute Gasteiger partial charge is 0.335 e. The minimum Gasteiger partial charge on any atom is -0.458 e. The van der Waals surface area contributed by atoms with E-state index in [0.717, 1.165) is 12.1 Å². The summed E-state index contributed by atoms with van der Waals surface area (Å²) in [6, 6.07) is 0. The number of nitrogens with one attached hydrogen (secondary N) is 2. The van der Waals surface area contributed by atoms with Crippen LogP contribution in [0.25, 0.3) is 0 Å². The minimum absolute atomic E-state index is 0.195. The van der Waals surface area contributed by atoms with Crippen molar-refractivity contribution in [1.82, 2.24) is 15.3 Å². The second-order valence-corrected chi connectivity index (χ2v) is 8.43. The molecule has 7 heteroatoms. The summed E-state index contributed by atoms with van der Waals surface area (Å²) in [5.74, 6) is -0.396. The number of carbonyl (C=O) groups is 2. The molecular weight excluding hydrogens is 334 g/mol. The molecule has 0 bridgehead atoms. The van der Waals surface area contributed by atoms with Crippen LogP contribution in [0, 0.1) is 5.92 Å². The van der Waals surface area contributed by atoms with Gasteiger partial charge in [-0.1, -0.05) is 13.8 Å². The topological polar surface area (TPSA) is 93.3 Å². The van der Waals surface area contributed by atoms with Crippen LogP contribution in [0.3, 0.4) is 0 Å². The van der Waals surface area contributed by atoms with Crippen molar-refractivity contribution in [2.75, 3.05) is 0 Å². The molecule has 7 nitrogen and oxygen atoms in total. The second kappa shape index (κ2) is 7.78. The molecule has 0 spiro atoms. The Morgan fingerprint density at radius 2 is 2.15 bits per heavy atom. The zero-order valence-electron chi connectivity index (χ0n) is 16.6. The predicted molar refractivity (Wildman–Crippen MR) is 97.3 cm³/mol. The predicted octanol–water partition coefficient (Wildman–Crippen LogP) is 2.89. The van der Waals surface area contributed by atoms with Crippen LogP contribution in [0.1, 0.15) is 72.4 Å². The van der Waals surface area contributed by atoms with Crippen molar-refractivity contribution >= 4 is 11.9 Å². The summed E-state index contributed by atoms with van der Waals surface area (Å²) in [6.07, 6.45) is 4.51. The first-order chi connectivity index (χ1) is 12.0. The second-order valence-electron chi connectivity index (χ2n) is 8.43. The van der Waals surface area contributed by atoms with E-state index < -0.39 is 23.4 Å². The molecule has 2 N–H and O–H groups in total. The van der Waals surface area contributed by atoms with Gasteiger partial charge in [-0.15, -0.1) is 0 Å². The van der Waals surface area contributed by atoms with Crippen LogP contribution in [-0.4, -0.2) is 39.3 Å². The minimum atomic E-state index is -0.965. The lowest BCUT2D eigenvalue weighted by atomic mass is 9.86. The molecule has 1 fully saturated rings. The van der Waals surface area contributed by atoms with Gasteiger partial charge in [0, 0.05) is 13.1 Å². The zero-order valence-corrected chi connectivity index (χ0v) is 16.6. The molecule has 1 saturated heterocycles. The van der Waals surface area contributed by atoms with Crippen LogP contribution in [-0.2, 0) is 19.1 Å². The number of nitrogens with zero attached hydrogens (tertiary/aromatic N) is 1. The van der Waals surface area contributed by atoms with Crippen molar-refractivity contribution in [2.45, 2.75) is 84.2 Å². The van der Waals surface area contributed by atoms with Gasteiger partial charge >= 0.3 is 5.97 Å². The quantitative estimate of drug-likeness (QED) is 0.756. The molecule has 1 aliphatic heterocycles. The number of carbonyl (C=O) groups excluding carboxylic acids is 2. The highest BCUT2D eigenvalue weighted by Crippen LogP contribution is 2.44. The van der Waals surface area contributed by atoms with E-state index in [-0.39, 0.29) is 11.8 Å². The Morgan fingerprint density at radius 3 is 2.65 bits per heavy atom. The standard InChI is InChI=1S/C19H31N3O4/c1-12(2)7-8-19(22-13(3)23)14(15-10-20-11-21-15)9-16(25-19)17(24)26-18(4,5)6/h10-12,14,16H,7-9H2,1-6H3,(H,20,21)(H,22,23). The van der Waals surface area contributed by atoms with Crippen molar-refractivity contribution in [3.63, 3.8) is 0 Å². The van der Waals surface area contributed by atoms with E-state index in [2.05, 4.69) is 29.1 Å². The Bertz CT molecular complexity index is 621. The maximum atomic E-state index is 12.6. The normalized spacial score (nSPS) is 26.1. The molecule has 0 aromatic carbocycles. The molecule has 1 aromatic heterocycles. The number of hydrogen-bond acceptors (Lipinski definition) is 5. The van der Waals surface area contributed by atoms with Crippen molar-refractivity contribution < 1.29 is 19.1 Å². The molecule has 1 aromatic rings. The molecule has 1 aliphatic rings. The SMILES string of the molecule is CC(=O)NC1(CCC(C)C)OC(C(=O)OC(C)(C)C)CC1c1c[nH]cn1. The van der Waals surface area contributed by atoms with Gasteiger partial charge in [0.05, 0.1) is 17.9 Å². The number of esters is 1. The first-order valence-corrected chi connectivity index (χ1v) is 9.20. The lowest BCUT2D eigenvalue weighted by Gasteiger charge is -2.35. The van der Waals surface area contributed by atoms with Crippen LogP contribution in [0.5, 0.6) is 0 Å². The average Bonchev–Trinajstić information content (AvgIpc) is 3.10. The molecule has 0 radical (unpaired) electrons. The molecule has 2 rings (SSSR count). The van der Waals surface area contributed by atoms with Gasteiger partial charge in [-0.05, 0) is 46.0 Å². The van der Waals surface area contributed by atoms with E-state index >= 15 is 0 Å². The van der Waals surface area contributed by atoms with E-state index in [1.165, 1.54) is 6.92 Å². The van der Waals surface area contributed by atoms with Crippen molar-refractivity contribution in [1.29, 1.82) is 0 Å². The highest BCUT2D eigenvalue weighted by atomic mass is 16.6. The van der Waals surface area contributed by atoms with Crippen LogP contribution in [0.4, 0.5) is 0 Å². The van der Waals surface area contributed by atoms with Gasteiger partial charge in [0.15, 0.2) is 11.8 Å². The summed E-state index contributed by atoms with van der Waals surface area (Å²) in [7, 11) is 0. The number of H-pyrrole nitrogens is 1. The summed E-state index contributed by atoms with van der Waals surface area (Å²) in [6.45, 7) is 11.2. The first kappa shape index (κ1) is 20.4. The Morgan fingerprint density at radius 1 is 1.46 bits per heavy atom. The summed E-state index contributed by atoms with van der Waals surface area (Å²) in [5, 5.41) is 2.97. The maximum absolute atomic E-state index is 12.6. The summed E-state index contributed by atoms with van der Waals surface area (Å²) in [4.78, 5) is 31.8. The van der Waals surface area contributed by atoms with Crippen molar-refractivity contribution in [3.05, 3.63) is 18.2 Å².